The van der Waals surface area contributed by atoms with Gasteiger partial charge in [-0.1, -0.05) is 12.1 Å². The minimum atomic E-state index is -2.56. The van der Waals surface area contributed by atoms with E-state index >= 15 is 0 Å². The van der Waals surface area contributed by atoms with Gasteiger partial charge in [-0.15, -0.1) is 11.3 Å². The summed E-state index contributed by atoms with van der Waals surface area (Å²) in [5.41, 5.74) is 1.57. The number of carboxylic acid groups (broad SMARTS) is 1. The molecule has 0 amide bonds. The summed E-state index contributed by atoms with van der Waals surface area (Å²) in [5, 5.41) is 11.4. The van der Waals surface area contributed by atoms with Crippen LogP contribution in [0, 0.1) is 0 Å². The molecule has 1 aliphatic rings. The third-order valence-corrected chi connectivity index (χ3v) is 4.30. The number of carbonyl (C=O) groups is 1. The number of thiazole rings is 1. The lowest BCUT2D eigenvalue weighted by atomic mass is 9.79. The molecule has 0 unspecified atom stereocenters. The van der Waals surface area contributed by atoms with E-state index in [-0.39, 0.29) is 24.3 Å². The van der Waals surface area contributed by atoms with E-state index in [9.17, 15) is 13.6 Å². The highest BCUT2D eigenvalue weighted by atomic mass is 32.1. The lowest BCUT2D eigenvalue weighted by Crippen LogP contribution is -2.33. The van der Waals surface area contributed by atoms with Crippen LogP contribution in [0.5, 0.6) is 0 Å². The Balaban J connectivity index is 1.83. The predicted octanol–water partition coefficient (Wildman–Crippen LogP) is 4.02. The molecule has 6 heteroatoms. The molecule has 1 aromatic carbocycles. The SMILES string of the molecule is O=C(O)c1cccc(-c2nc(C3CC(F)(F)C3)cs2)c1. The number of halogens is 2. The Hall–Kier alpha value is -1.82. The number of rotatable bonds is 3. The minimum Gasteiger partial charge on any atom is -0.478 e. The number of nitrogens with zero attached hydrogens (tertiary/aromatic N) is 1. The molecule has 0 atom stereocenters. The zero-order chi connectivity index (χ0) is 14.3. The van der Waals surface area contributed by atoms with Crippen molar-refractivity contribution in [1.29, 1.82) is 0 Å². The van der Waals surface area contributed by atoms with Gasteiger partial charge in [-0.25, -0.2) is 18.6 Å². The van der Waals surface area contributed by atoms with Crippen LogP contribution in [0.3, 0.4) is 0 Å². The van der Waals surface area contributed by atoms with E-state index in [1.807, 2.05) is 0 Å². The largest absolute Gasteiger partial charge is 0.478 e. The number of hydrogen-bond donors (Lipinski definition) is 1. The predicted molar refractivity (Wildman–Crippen MR) is 71.4 cm³/mol. The molecular formula is C14H11F2NO2S. The summed E-state index contributed by atoms with van der Waals surface area (Å²) in [7, 11) is 0. The van der Waals surface area contributed by atoms with Crippen LogP contribution in [-0.2, 0) is 0 Å². The molecule has 1 N–H and O–H groups in total. The zero-order valence-electron chi connectivity index (χ0n) is 10.3. The summed E-state index contributed by atoms with van der Waals surface area (Å²) >= 11 is 1.35. The molecule has 1 aromatic heterocycles. The van der Waals surface area contributed by atoms with E-state index in [0.29, 0.717) is 16.3 Å². The Bertz CT molecular complexity index is 661. The first-order valence-electron chi connectivity index (χ1n) is 6.12. The van der Waals surface area contributed by atoms with Crippen LogP contribution in [-0.4, -0.2) is 22.0 Å². The molecule has 0 saturated heterocycles. The monoisotopic (exact) mass is 295 g/mol. The van der Waals surface area contributed by atoms with Crippen LogP contribution < -0.4 is 0 Å². The zero-order valence-corrected chi connectivity index (χ0v) is 11.2. The number of aromatic carboxylic acids is 1. The normalized spacial score (nSPS) is 17.7. The van der Waals surface area contributed by atoms with Crippen LogP contribution in [0.2, 0.25) is 0 Å². The van der Waals surface area contributed by atoms with E-state index in [1.54, 1.807) is 23.6 Å². The molecule has 2 aromatic rings. The lowest BCUT2D eigenvalue weighted by molar-refractivity contribution is -0.0874. The maximum Gasteiger partial charge on any atom is 0.335 e. The minimum absolute atomic E-state index is 0.147. The first-order valence-corrected chi connectivity index (χ1v) is 6.99. The van der Waals surface area contributed by atoms with Crippen molar-refractivity contribution in [1.82, 2.24) is 4.98 Å². The van der Waals surface area contributed by atoms with E-state index in [4.69, 9.17) is 5.11 Å². The fourth-order valence-electron chi connectivity index (χ4n) is 2.26. The number of hydrogen-bond acceptors (Lipinski definition) is 3. The summed E-state index contributed by atoms with van der Waals surface area (Å²) in [6.07, 6.45) is -0.295. The molecular weight excluding hydrogens is 284 g/mol. The second-order valence-electron chi connectivity index (χ2n) is 4.92. The van der Waals surface area contributed by atoms with Gasteiger partial charge < -0.3 is 5.11 Å². The standard InChI is InChI=1S/C14H11F2NO2S/c15-14(16)5-10(6-14)11-7-20-12(17-11)8-2-1-3-9(4-8)13(18)19/h1-4,7,10H,5-6H2,(H,18,19). The van der Waals surface area contributed by atoms with Gasteiger partial charge in [0.05, 0.1) is 11.3 Å². The fraction of sp³-hybridized carbons (Fsp3) is 0.286. The topological polar surface area (TPSA) is 50.2 Å². The second kappa shape index (κ2) is 4.63. The second-order valence-corrected chi connectivity index (χ2v) is 5.78. The van der Waals surface area contributed by atoms with Gasteiger partial charge in [0.2, 0.25) is 5.92 Å². The Morgan fingerprint density at radius 1 is 1.40 bits per heavy atom. The molecule has 1 saturated carbocycles. The Morgan fingerprint density at radius 2 is 2.15 bits per heavy atom. The van der Waals surface area contributed by atoms with Gasteiger partial charge in [-0.3, -0.25) is 0 Å². The van der Waals surface area contributed by atoms with Gasteiger partial charge in [0, 0.05) is 29.7 Å². The van der Waals surface area contributed by atoms with Gasteiger partial charge in [0.25, 0.3) is 0 Å². The van der Waals surface area contributed by atoms with E-state index in [2.05, 4.69) is 4.98 Å². The molecule has 1 heterocycles. The van der Waals surface area contributed by atoms with Gasteiger partial charge >= 0.3 is 5.97 Å². The van der Waals surface area contributed by atoms with Crippen molar-refractivity contribution in [2.45, 2.75) is 24.7 Å². The lowest BCUT2D eigenvalue weighted by Gasteiger charge is -2.33. The van der Waals surface area contributed by atoms with Crippen LogP contribution in [0.25, 0.3) is 10.6 Å². The van der Waals surface area contributed by atoms with Crippen LogP contribution in [0.1, 0.15) is 34.8 Å². The summed E-state index contributed by atoms with van der Waals surface area (Å²) in [6, 6.07) is 6.47. The third-order valence-electron chi connectivity index (χ3n) is 3.39. The highest BCUT2D eigenvalue weighted by molar-refractivity contribution is 7.13. The summed E-state index contributed by atoms with van der Waals surface area (Å²) in [4.78, 5) is 15.3. The molecule has 3 nitrogen and oxygen atoms in total. The van der Waals surface area contributed by atoms with Crippen LogP contribution in [0.4, 0.5) is 8.78 Å². The van der Waals surface area contributed by atoms with Crippen molar-refractivity contribution in [3.05, 3.63) is 40.9 Å². The van der Waals surface area contributed by atoms with Gasteiger partial charge in [0.1, 0.15) is 5.01 Å². The molecule has 1 fully saturated rings. The maximum absolute atomic E-state index is 12.9. The van der Waals surface area contributed by atoms with Crippen molar-refractivity contribution >= 4 is 17.3 Å². The van der Waals surface area contributed by atoms with Gasteiger partial charge in [-0.2, -0.15) is 0 Å². The van der Waals surface area contributed by atoms with Crippen molar-refractivity contribution in [2.24, 2.45) is 0 Å². The number of benzene rings is 1. The molecule has 0 aliphatic heterocycles. The fourth-order valence-corrected chi connectivity index (χ4v) is 3.16. The first-order chi connectivity index (χ1) is 9.44. The molecule has 0 radical (unpaired) electrons. The molecule has 20 heavy (non-hydrogen) atoms. The molecule has 0 spiro atoms. The average molecular weight is 295 g/mol. The van der Waals surface area contributed by atoms with E-state index in [0.717, 1.165) is 0 Å². The molecule has 1 aliphatic carbocycles. The van der Waals surface area contributed by atoms with Crippen molar-refractivity contribution in [3.63, 3.8) is 0 Å². The Kier molecular flexibility index (Phi) is 3.05. The number of alkyl halides is 2. The van der Waals surface area contributed by atoms with Crippen molar-refractivity contribution < 1.29 is 18.7 Å². The smallest absolute Gasteiger partial charge is 0.335 e. The highest BCUT2D eigenvalue weighted by Gasteiger charge is 2.46. The summed E-state index contributed by atoms with van der Waals surface area (Å²) < 4.78 is 25.7. The van der Waals surface area contributed by atoms with Crippen LogP contribution >= 0.6 is 11.3 Å². The first kappa shape index (κ1) is 13.2. The third kappa shape index (κ3) is 2.43. The number of carboxylic acids is 1. The average Bonchev–Trinajstić information content (AvgIpc) is 2.85. The maximum atomic E-state index is 12.9. The highest BCUT2D eigenvalue weighted by Crippen LogP contribution is 2.48. The van der Waals surface area contributed by atoms with Gasteiger partial charge in [-0.05, 0) is 12.1 Å². The Morgan fingerprint density at radius 3 is 2.80 bits per heavy atom. The van der Waals surface area contributed by atoms with Crippen LogP contribution in [0.15, 0.2) is 29.6 Å². The molecule has 3 rings (SSSR count). The number of aromatic nitrogens is 1. The molecule has 0 bridgehead atoms. The summed E-state index contributed by atoms with van der Waals surface area (Å²) in [5.74, 6) is -3.74. The van der Waals surface area contributed by atoms with E-state index in [1.165, 1.54) is 17.4 Å². The summed E-state index contributed by atoms with van der Waals surface area (Å²) in [6.45, 7) is 0. The molecule has 104 valence electrons. The van der Waals surface area contributed by atoms with E-state index < -0.39 is 11.9 Å². The van der Waals surface area contributed by atoms with Gasteiger partial charge in [0.15, 0.2) is 0 Å². The Labute approximate surface area is 117 Å². The quantitative estimate of drug-likeness (QED) is 0.930. The van der Waals surface area contributed by atoms with Crippen molar-refractivity contribution in [2.75, 3.05) is 0 Å². The van der Waals surface area contributed by atoms with Crippen molar-refractivity contribution in [3.8, 4) is 10.6 Å².